The summed E-state index contributed by atoms with van der Waals surface area (Å²) in [4.78, 5) is 3.84. The highest BCUT2D eigenvalue weighted by Crippen LogP contribution is 2.44. The summed E-state index contributed by atoms with van der Waals surface area (Å²) in [5.74, 6) is 1.42. The fourth-order valence-corrected chi connectivity index (χ4v) is 11.1. The van der Waals surface area contributed by atoms with Gasteiger partial charge in [0.05, 0.1) is 16.8 Å². The maximum Gasteiger partial charge on any atom is 0.295 e. The van der Waals surface area contributed by atoms with E-state index in [0.717, 1.165) is 38.0 Å². The molecule has 13 heteroatoms. The van der Waals surface area contributed by atoms with Gasteiger partial charge in [-0.25, -0.2) is 8.42 Å². The molecule has 6 aromatic rings. The van der Waals surface area contributed by atoms with Crippen LogP contribution >= 0.6 is 23.5 Å². The smallest absolute Gasteiger partial charge is 0.295 e. The number of rotatable bonds is 12. The Morgan fingerprint density at radius 2 is 1.26 bits per heavy atom. The number of thioether (sulfide) groups is 2. The summed E-state index contributed by atoms with van der Waals surface area (Å²) < 4.78 is 81.7. The molecule has 8 rings (SSSR count). The summed E-state index contributed by atoms with van der Waals surface area (Å²) in [6, 6.07) is 47.0. The van der Waals surface area contributed by atoms with Gasteiger partial charge in [-0.2, -0.15) is 13.0 Å². The van der Waals surface area contributed by atoms with Crippen molar-refractivity contribution in [2.24, 2.45) is 0 Å². The first-order chi connectivity index (χ1) is 29.7. The van der Waals surface area contributed by atoms with Crippen LogP contribution in [0.4, 0.5) is 17.1 Å². The van der Waals surface area contributed by atoms with Crippen molar-refractivity contribution in [1.82, 2.24) is 4.58 Å². The Morgan fingerprint density at radius 1 is 0.645 bits per heavy atom. The van der Waals surface area contributed by atoms with Gasteiger partial charge < -0.3 is 13.9 Å². The first-order valence-electron chi connectivity index (χ1n) is 19.6. The zero-order chi connectivity index (χ0) is 43.8. The van der Waals surface area contributed by atoms with Crippen LogP contribution in [0.1, 0.15) is 22.3 Å². The van der Waals surface area contributed by atoms with E-state index in [1.54, 1.807) is 55.6 Å². The van der Waals surface area contributed by atoms with Gasteiger partial charge in [0.15, 0.2) is 5.88 Å². The van der Waals surface area contributed by atoms with Crippen molar-refractivity contribution in [1.29, 1.82) is 0 Å². The van der Waals surface area contributed by atoms with Crippen LogP contribution in [0.15, 0.2) is 176 Å². The maximum absolute atomic E-state index is 12.9. The average Bonchev–Trinajstić information content (AvgIpc) is 3.24. The predicted molar refractivity (Wildman–Crippen MR) is 249 cm³/mol. The van der Waals surface area contributed by atoms with Gasteiger partial charge in [-0.1, -0.05) is 84.6 Å². The van der Waals surface area contributed by atoms with Crippen LogP contribution in [0.2, 0.25) is 0 Å². The number of hydrogen-bond donors (Lipinski definition) is 1. The fraction of sp³-hybridized carbons (Fsp3) is 0.122. The van der Waals surface area contributed by atoms with Gasteiger partial charge in [0.2, 0.25) is 11.0 Å². The Balaban J connectivity index is 1.41. The molecule has 0 saturated heterocycles. The lowest BCUT2D eigenvalue weighted by atomic mass is 9.93. The zero-order valence-corrected chi connectivity index (χ0v) is 37.5. The van der Waals surface area contributed by atoms with Crippen LogP contribution in [-0.2, 0) is 20.2 Å². The first-order valence-corrected chi connectivity index (χ1v) is 24.4. The Labute approximate surface area is 370 Å². The molecule has 0 unspecified atom stereocenters. The minimum Gasteiger partial charge on any atom is -0.744 e. The van der Waals surface area contributed by atoms with Gasteiger partial charge >= 0.3 is 0 Å². The second-order valence-corrected chi connectivity index (χ2v) is 19.7. The lowest BCUT2D eigenvalue weighted by Crippen LogP contribution is -2.27. The van der Waals surface area contributed by atoms with Crippen molar-refractivity contribution in [2.75, 3.05) is 16.7 Å². The summed E-state index contributed by atoms with van der Waals surface area (Å²) in [7, 11) is -9.36. The summed E-state index contributed by atoms with van der Waals surface area (Å²) in [5, 5.41) is 1.34. The molecule has 0 radical (unpaired) electrons. The molecular weight excluding hydrogens is 857 g/mol. The number of nitrogens with zero attached hydrogens (tertiary/aromatic N) is 2. The molecule has 0 aromatic heterocycles. The van der Waals surface area contributed by atoms with Crippen LogP contribution in [0.25, 0.3) is 33.4 Å². The summed E-state index contributed by atoms with van der Waals surface area (Å²) in [5.41, 5.74) is 7.98. The van der Waals surface area contributed by atoms with Crippen molar-refractivity contribution in [3.8, 4) is 22.5 Å². The Bertz CT molecular complexity index is 3200. The summed E-state index contributed by atoms with van der Waals surface area (Å²) >= 11 is 3.28. The molecule has 62 heavy (non-hydrogen) atoms. The first kappa shape index (κ1) is 43.0. The number of aryl methyl sites for hydroxylation is 4. The highest BCUT2D eigenvalue weighted by molar-refractivity contribution is 7.99. The third kappa shape index (κ3) is 8.96. The highest BCUT2D eigenvalue weighted by atomic mass is 32.2. The average molecular weight is 899 g/mol. The molecule has 1 aliphatic heterocycles. The Hall–Kier alpha value is -5.67. The molecule has 0 amide bonds. The molecule has 2 aliphatic rings. The van der Waals surface area contributed by atoms with Gasteiger partial charge in [-0.15, -0.1) is 11.8 Å². The van der Waals surface area contributed by atoms with Gasteiger partial charge in [-0.05, 0) is 99.5 Å². The van der Waals surface area contributed by atoms with Crippen molar-refractivity contribution < 1.29 is 30.4 Å². The number of para-hydroxylation sites is 1. The van der Waals surface area contributed by atoms with E-state index in [1.165, 1.54) is 18.2 Å². The van der Waals surface area contributed by atoms with Crippen molar-refractivity contribution in [2.45, 2.75) is 47.3 Å². The van der Waals surface area contributed by atoms with Crippen molar-refractivity contribution >= 4 is 71.8 Å². The van der Waals surface area contributed by atoms with Crippen molar-refractivity contribution in [3.63, 3.8) is 0 Å². The van der Waals surface area contributed by atoms with Crippen LogP contribution in [0.3, 0.4) is 0 Å². The summed E-state index contributed by atoms with van der Waals surface area (Å²) in [6.45, 7) is 7.73. The van der Waals surface area contributed by atoms with Gasteiger partial charge in [0, 0.05) is 66.5 Å². The Kier molecular flexibility index (Phi) is 12.2. The molecule has 314 valence electrons. The van der Waals surface area contributed by atoms with Gasteiger partial charge in [0.25, 0.3) is 10.1 Å². The molecule has 1 heterocycles. The minimum atomic E-state index is -4.71. The highest BCUT2D eigenvalue weighted by Gasteiger charge is 2.27. The fourth-order valence-electron chi connectivity index (χ4n) is 7.96. The van der Waals surface area contributed by atoms with Gasteiger partial charge in [0.1, 0.15) is 26.4 Å². The topological polar surface area (TPSA) is 131 Å². The number of hydrogen-bond acceptors (Lipinski definition) is 9. The second kappa shape index (κ2) is 17.6. The number of benzene rings is 7. The predicted octanol–water partition coefficient (Wildman–Crippen LogP) is 11.3. The standard InChI is InChI=1S/C49H42N2O7S4/c1-32-14-13-15-33(2)48(32)50(30-59-38-16-7-5-8-17-38)36-22-24-41-44(28-36)58-45-29-37(23-25-42(45)47(41)43-20-11-12-21-46(43)62(55,56)57)51(31-60-39-18-9-6-10-19-39)49-34(3)26-40(27-35(49)4)61(52,53)54/h5-29H,30-31H2,1-4H3,(H-,52,53,54,55,56,57). The largest absolute Gasteiger partial charge is 0.744 e. The molecule has 0 atom stereocenters. The SMILES string of the molecule is Cc1cccc(C)c1N(CSc1ccccc1)c1ccc2c(-c3ccccc3S(=O)(=O)O)c3cc/c(=[N+](/CSc4ccccc4)c4c(C)cc(S(=O)(=O)[O-])cc4C)cc-3oc2c1. The maximum atomic E-state index is 12.9. The summed E-state index contributed by atoms with van der Waals surface area (Å²) in [6.07, 6.45) is 0. The van der Waals surface area contributed by atoms with E-state index in [9.17, 15) is 25.9 Å². The molecule has 9 nitrogen and oxygen atoms in total. The monoisotopic (exact) mass is 898 g/mol. The third-order valence-corrected chi connectivity index (χ3v) is 14.4. The molecule has 0 bridgehead atoms. The molecular formula is C49H42N2O7S4. The molecule has 0 spiro atoms. The zero-order valence-electron chi connectivity index (χ0n) is 34.3. The van der Waals surface area contributed by atoms with E-state index < -0.39 is 20.2 Å². The number of fused-ring (bicyclic) bond motifs is 2. The molecule has 0 saturated carbocycles. The van der Waals surface area contributed by atoms with E-state index in [4.69, 9.17) is 4.42 Å². The van der Waals surface area contributed by atoms with E-state index in [0.29, 0.717) is 61.7 Å². The molecule has 1 aliphatic carbocycles. The molecule has 0 fully saturated rings. The molecule has 6 aromatic carbocycles. The van der Waals surface area contributed by atoms with E-state index in [-0.39, 0.29) is 9.79 Å². The Morgan fingerprint density at radius 3 is 1.89 bits per heavy atom. The van der Waals surface area contributed by atoms with Crippen LogP contribution in [0.5, 0.6) is 0 Å². The number of anilines is 2. The normalized spacial score (nSPS) is 12.5. The van der Waals surface area contributed by atoms with Crippen molar-refractivity contribution in [3.05, 3.63) is 179 Å². The lowest BCUT2D eigenvalue weighted by Gasteiger charge is -2.28. The van der Waals surface area contributed by atoms with Crippen LogP contribution in [0, 0.1) is 27.7 Å². The lowest BCUT2D eigenvalue weighted by molar-refractivity contribution is 0.462. The van der Waals surface area contributed by atoms with E-state index in [1.807, 2.05) is 91.0 Å². The van der Waals surface area contributed by atoms with Crippen LogP contribution in [-0.4, -0.2) is 37.7 Å². The van der Waals surface area contributed by atoms with Crippen LogP contribution < -0.4 is 14.8 Å². The van der Waals surface area contributed by atoms with E-state index in [2.05, 4.69) is 47.6 Å². The van der Waals surface area contributed by atoms with E-state index >= 15 is 0 Å². The second-order valence-electron chi connectivity index (χ2n) is 14.9. The molecule has 1 N–H and O–H groups in total. The van der Waals surface area contributed by atoms with Gasteiger partial charge in [-0.3, -0.25) is 4.55 Å². The minimum absolute atomic E-state index is 0.237. The quantitative estimate of drug-likeness (QED) is 0.0416. The third-order valence-electron chi connectivity index (χ3n) is 10.7.